The predicted molar refractivity (Wildman–Crippen MR) is 161 cm³/mol. The number of sulfonamides is 1. The highest BCUT2D eigenvalue weighted by Gasteiger charge is 2.22. The van der Waals surface area contributed by atoms with Gasteiger partial charge in [0.2, 0.25) is 10.0 Å². The molecule has 0 radical (unpaired) electrons. The summed E-state index contributed by atoms with van der Waals surface area (Å²) in [7, 11) is -2.57. The molecule has 12 nitrogen and oxygen atoms in total. The molecular weight excluding hydrogens is 610 g/mol. The number of nitrogens with two attached hydrogens (primary N) is 1. The molecule has 1 aromatic heterocycles. The van der Waals surface area contributed by atoms with E-state index in [1.54, 1.807) is 31.2 Å². The smallest absolute Gasteiger partial charge is 0.338 e. The number of aromatic nitrogens is 2. The van der Waals surface area contributed by atoms with E-state index in [-0.39, 0.29) is 48.3 Å². The van der Waals surface area contributed by atoms with Crippen molar-refractivity contribution in [2.24, 2.45) is 5.14 Å². The zero-order valence-corrected chi connectivity index (χ0v) is 25.5. The van der Waals surface area contributed by atoms with Gasteiger partial charge in [-0.1, -0.05) is 23.9 Å². The second-order valence-corrected chi connectivity index (χ2v) is 12.3. The van der Waals surface area contributed by atoms with Crippen molar-refractivity contribution in [3.63, 3.8) is 0 Å². The summed E-state index contributed by atoms with van der Waals surface area (Å²) >= 11 is 1.26. The molecule has 0 bridgehead atoms. The van der Waals surface area contributed by atoms with Gasteiger partial charge in [0.05, 0.1) is 47.2 Å². The van der Waals surface area contributed by atoms with Crippen LogP contribution in [0.4, 0.5) is 0 Å². The van der Waals surface area contributed by atoms with Gasteiger partial charge in [0.25, 0.3) is 5.56 Å². The number of thioether (sulfide) groups is 1. The van der Waals surface area contributed by atoms with E-state index in [0.29, 0.717) is 44.9 Å². The van der Waals surface area contributed by atoms with Crippen LogP contribution in [0.3, 0.4) is 0 Å². The van der Waals surface area contributed by atoms with Gasteiger partial charge in [-0.05, 0) is 61.4 Å². The lowest BCUT2D eigenvalue weighted by Crippen LogP contribution is -2.24. The number of ether oxygens (including phenoxy) is 4. The number of hydrogen-bond donors (Lipinski definition) is 1. The third-order valence-electron chi connectivity index (χ3n) is 6.87. The summed E-state index contributed by atoms with van der Waals surface area (Å²) in [5.41, 5.74) is 2.78. The third-order valence-corrected chi connectivity index (χ3v) is 8.83. The van der Waals surface area contributed by atoms with E-state index in [9.17, 15) is 22.8 Å². The normalized spacial score (nSPS) is 12.8. The van der Waals surface area contributed by atoms with Crippen LogP contribution in [-0.2, 0) is 49.6 Å². The van der Waals surface area contributed by atoms with Crippen LogP contribution in [0.1, 0.15) is 44.3 Å². The topological polar surface area (TPSA) is 166 Å². The molecule has 2 N–H and O–H groups in total. The molecular formula is C30H29N3O9S2. The van der Waals surface area contributed by atoms with E-state index >= 15 is 0 Å². The SMILES string of the molecule is CCOC(=O)c1cc2c(c(CSc3nc4cc(C(=O)OC)ccc4c(=O)n3CCc3ccc(S(N)(=O)=O)cc3)c1)OCOC2. The van der Waals surface area contributed by atoms with Gasteiger partial charge in [-0.25, -0.2) is 28.1 Å². The molecule has 0 atom stereocenters. The van der Waals surface area contributed by atoms with Crippen molar-refractivity contribution in [2.45, 2.75) is 42.3 Å². The molecule has 44 heavy (non-hydrogen) atoms. The Labute approximate surface area is 257 Å². The number of hydrogen-bond acceptors (Lipinski definition) is 11. The molecule has 14 heteroatoms. The van der Waals surface area contributed by atoms with Crippen LogP contribution in [0.15, 0.2) is 69.4 Å². The van der Waals surface area contributed by atoms with Gasteiger partial charge >= 0.3 is 11.9 Å². The summed E-state index contributed by atoms with van der Waals surface area (Å²) in [6, 6.07) is 14.0. The van der Waals surface area contributed by atoms with Gasteiger partial charge in [-0.2, -0.15) is 0 Å². The maximum atomic E-state index is 13.8. The second kappa shape index (κ2) is 13.2. The van der Waals surface area contributed by atoms with E-state index in [4.69, 9.17) is 29.1 Å². The van der Waals surface area contributed by atoms with Crippen LogP contribution in [0.2, 0.25) is 0 Å². The number of carbonyl (C=O) groups excluding carboxylic acids is 2. The maximum absolute atomic E-state index is 13.8. The van der Waals surface area contributed by atoms with Crippen molar-refractivity contribution in [1.29, 1.82) is 0 Å². The lowest BCUT2D eigenvalue weighted by Gasteiger charge is -2.22. The fourth-order valence-corrected chi connectivity index (χ4v) is 6.23. The van der Waals surface area contributed by atoms with Crippen LogP contribution in [-0.4, -0.2) is 50.4 Å². The van der Waals surface area contributed by atoms with E-state index in [1.807, 2.05) is 0 Å². The van der Waals surface area contributed by atoms with Gasteiger partial charge in [0, 0.05) is 23.4 Å². The van der Waals surface area contributed by atoms with Gasteiger partial charge in [-0.15, -0.1) is 0 Å². The largest absolute Gasteiger partial charge is 0.467 e. The van der Waals surface area contributed by atoms with Crippen molar-refractivity contribution in [1.82, 2.24) is 9.55 Å². The van der Waals surface area contributed by atoms with Gasteiger partial charge in [0.1, 0.15) is 5.75 Å². The van der Waals surface area contributed by atoms with Crippen LogP contribution in [0.5, 0.6) is 5.75 Å². The van der Waals surface area contributed by atoms with Crippen molar-refractivity contribution < 1.29 is 37.0 Å². The highest BCUT2D eigenvalue weighted by Crippen LogP contribution is 2.34. The number of esters is 2. The Kier molecular flexibility index (Phi) is 9.34. The summed E-state index contributed by atoms with van der Waals surface area (Å²) in [5, 5.41) is 5.89. The Morgan fingerprint density at radius 3 is 2.55 bits per heavy atom. The highest BCUT2D eigenvalue weighted by atomic mass is 32.2. The number of rotatable bonds is 10. The monoisotopic (exact) mass is 639 g/mol. The number of nitrogens with zero attached hydrogens (tertiary/aromatic N) is 2. The molecule has 3 aromatic carbocycles. The van der Waals surface area contributed by atoms with Gasteiger partial charge in [-0.3, -0.25) is 9.36 Å². The summed E-state index contributed by atoms with van der Waals surface area (Å²) in [5.74, 6) is -0.157. The number of benzene rings is 3. The highest BCUT2D eigenvalue weighted by molar-refractivity contribution is 7.98. The molecule has 5 rings (SSSR count). The van der Waals surface area contributed by atoms with Crippen LogP contribution >= 0.6 is 11.8 Å². The fourth-order valence-electron chi connectivity index (χ4n) is 4.72. The van der Waals surface area contributed by atoms with E-state index in [1.165, 1.54) is 53.8 Å². The lowest BCUT2D eigenvalue weighted by molar-refractivity contribution is -0.0169. The Morgan fingerprint density at radius 1 is 1.07 bits per heavy atom. The summed E-state index contributed by atoms with van der Waals surface area (Å²) in [6.07, 6.45) is 0.389. The first-order valence-electron chi connectivity index (χ1n) is 13.5. The van der Waals surface area contributed by atoms with E-state index in [2.05, 4.69) is 0 Å². The molecule has 0 aliphatic carbocycles. The van der Waals surface area contributed by atoms with Crippen LogP contribution < -0.4 is 15.4 Å². The molecule has 0 unspecified atom stereocenters. The van der Waals surface area contributed by atoms with Crippen molar-refractivity contribution in [2.75, 3.05) is 20.5 Å². The van der Waals surface area contributed by atoms with E-state index < -0.39 is 22.0 Å². The van der Waals surface area contributed by atoms with Crippen LogP contribution in [0.25, 0.3) is 10.9 Å². The first-order chi connectivity index (χ1) is 21.1. The standard InChI is InChI=1S/C30H29N3O9S2/c1-3-41-29(36)20-12-21-15-40-17-42-26(21)22(13-20)16-43-30-32-25-14-19(28(35)39-2)6-9-24(25)27(34)33(30)11-10-18-4-7-23(8-5-18)44(31,37)38/h4-9,12-14H,3,10-11,15-17H2,1-2H3,(H2,31,37,38). The molecule has 0 amide bonds. The van der Waals surface area contributed by atoms with Crippen LogP contribution in [0, 0.1) is 0 Å². The maximum Gasteiger partial charge on any atom is 0.338 e. The average molecular weight is 640 g/mol. The fraction of sp³-hybridized carbons (Fsp3) is 0.267. The molecule has 4 aromatic rings. The van der Waals surface area contributed by atoms with Crippen molar-refractivity contribution >= 4 is 44.6 Å². The summed E-state index contributed by atoms with van der Waals surface area (Å²) in [6.45, 7) is 2.49. The predicted octanol–water partition coefficient (Wildman–Crippen LogP) is 3.41. The first kappa shape index (κ1) is 31.2. The number of fused-ring (bicyclic) bond motifs is 2. The minimum Gasteiger partial charge on any atom is -0.467 e. The van der Waals surface area contributed by atoms with E-state index in [0.717, 1.165) is 5.56 Å². The zero-order chi connectivity index (χ0) is 31.4. The molecule has 1 aliphatic heterocycles. The quantitative estimate of drug-likeness (QED) is 0.153. The Bertz CT molecular complexity index is 1910. The van der Waals surface area contributed by atoms with Gasteiger partial charge < -0.3 is 18.9 Å². The minimum absolute atomic E-state index is 0.00977. The number of primary sulfonamides is 1. The summed E-state index contributed by atoms with van der Waals surface area (Å²) < 4.78 is 46.0. The Morgan fingerprint density at radius 2 is 1.84 bits per heavy atom. The zero-order valence-electron chi connectivity index (χ0n) is 23.9. The number of methoxy groups -OCH3 is 1. The second-order valence-electron chi connectivity index (χ2n) is 9.76. The molecule has 0 fully saturated rings. The lowest BCUT2D eigenvalue weighted by atomic mass is 10.0. The molecule has 0 saturated carbocycles. The minimum atomic E-state index is -3.84. The van der Waals surface area contributed by atoms with Gasteiger partial charge in [0.15, 0.2) is 11.9 Å². The third kappa shape index (κ3) is 6.78. The molecule has 2 heterocycles. The molecule has 230 valence electrons. The Hall–Kier alpha value is -4.24. The Balaban J connectivity index is 1.52. The first-order valence-corrected chi connectivity index (χ1v) is 16.0. The molecule has 0 saturated heterocycles. The molecule has 0 spiro atoms. The average Bonchev–Trinajstić information content (AvgIpc) is 3.02. The molecule has 1 aliphatic rings. The number of carbonyl (C=O) groups is 2. The number of aryl methyl sites for hydroxylation is 1. The van der Waals surface area contributed by atoms with Crippen molar-refractivity contribution in [3.05, 3.63) is 92.8 Å². The summed E-state index contributed by atoms with van der Waals surface area (Å²) in [4.78, 5) is 43.2. The van der Waals surface area contributed by atoms with Crippen molar-refractivity contribution in [3.8, 4) is 5.75 Å².